The van der Waals surface area contributed by atoms with Gasteiger partial charge in [-0.15, -0.1) is 0 Å². The zero-order chi connectivity index (χ0) is 15.7. The Balaban J connectivity index is 2.02. The maximum atomic E-state index is 11.1. The second-order valence-corrected chi connectivity index (χ2v) is 5.40. The van der Waals surface area contributed by atoms with Gasteiger partial charge in [-0.2, -0.15) is 0 Å². The molecule has 0 saturated heterocycles. The summed E-state index contributed by atoms with van der Waals surface area (Å²) >= 11 is 0. The molecule has 3 N–H and O–H groups in total. The number of carbonyl (C=O) groups excluding carboxylic acids is 1. The van der Waals surface area contributed by atoms with Crippen LogP contribution in [0.2, 0.25) is 0 Å². The zero-order valence-corrected chi connectivity index (χ0v) is 12.6. The van der Waals surface area contributed by atoms with Crippen LogP contribution in [0.1, 0.15) is 21.5 Å². The maximum Gasteiger partial charge on any atom is 0.248 e. The minimum atomic E-state index is -0.424. The molecule has 3 aromatic rings. The van der Waals surface area contributed by atoms with Crippen molar-refractivity contribution in [1.29, 1.82) is 0 Å². The molecule has 0 spiro atoms. The molecule has 0 saturated carbocycles. The third-order valence-electron chi connectivity index (χ3n) is 3.63. The van der Waals surface area contributed by atoms with Crippen LogP contribution < -0.4 is 11.1 Å². The number of hydrogen-bond donors (Lipinski definition) is 2. The number of amides is 1. The lowest BCUT2D eigenvalue weighted by Gasteiger charge is -2.12. The van der Waals surface area contributed by atoms with Crippen molar-refractivity contribution in [3.05, 3.63) is 65.4 Å². The molecule has 1 aromatic heterocycles. The molecule has 0 fully saturated rings. The Hall–Kier alpha value is -2.88. The molecule has 1 amide bonds. The van der Waals surface area contributed by atoms with Gasteiger partial charge in [-0.25, -0.2) is 0 Å². The summed E-state index contributed by atoms with van der Waals surface area (Å²) in [5.41, 5.74) is 11.0. The molecule has 0 aliphatic heterocycles. The first-order valence-corrected chi connectivity index (χ1v) is 7.07. The minimum absolute atomic E-state index is 0.424. The van der Waals surface area contributed by atoms with E-state index in [0.717, 1.165) is 27.8 Å². The van der Waals surface area contributed by atoms with E-state index < -0.39 is 5.91 Å². The number of rotatable bonds is 3. The number of nitrogens with zero attached hydrogens (tertiary/aromatic N) is 1. The van der Waals surface area contributed by atoms with Crippen LogP contribution in [-0.2, 0) is 0 Å². The first-order chi connectivity index (χ1) is 10.5. The Morgan fingerprint density at radius 1 is 1.09 bits per heavy atom. The van der Waals surface area contributed by atoms with Crippen LogP contribution in [0.4, 0.5) is 11.4 Å². The van der Waals surface area contributed by atoms with Crippen LogP contribution >= 0.6 is 0 Å². The third-order valence-corrected chi connectivity index (χ3v) is 3.63. The van der Waals surface area contributed by atoms with Crippen LogP contribution in [0, 0.1) is 13.8 Å². The van der Waals surface area contributed by atoms with Crippen LogP contribution in [0.25, 0.3) is 10.9 Å². The van der Waals surface area contributed by atoms with Gasteiger partial charge in [-0.05, 0) is 55.8 Å². The highest BCUT2D eigenvalue weighted by Gasteiger charge is 2.06. The SMILES string of the molecule is Cc1cc(C)c2nccc(Nc3ccc(C(N)=O)cc3)c2c1. The number of fused-ring (bicyclic) bond motifs is 1. The van der Waals surface area contributed by atoms with E-state index in [1.807, 2.05) is 18.2 Å². The van der Waals surface area contributed by atoms with Gasteiger partial charge in [-0.1, -0.05) is 11.6 Å². The van der Waals surface area contributed by atoms with E-state index >= 15 is 0 Å². The van der Waals surface area contributed by atoms with Crippen molar-refractivity contribution in [3.8, 4) is 0 Å². The van der Waals surface area contributed by atoms with E-state index in [-0.39, 0.29) is 0 Å². The van der Waals surface area contributed by atoms with E-state index in [9.17, 15) is 4.79 Å². The average molecular weight is 291 g/mol. The number of carbonyl (C=O) groups is 1. The molecule has 2 aromatic carbocycles. The Kier molecular flexibility index (Phi) is 3.51. The third kappa shape index (κ3) is 2.63. The summed E-state index contributed by atoms with van der Waals surface area (Å²) in [5, 5.41) is 4.46. The van der Waals surface area contributed by atoms with Crippen molar-refractivity contribution in [2.24, 2.45) is 5.73 Å². The standard InChI is InChI=1S/C18H17N3O/c1-11-9-12(2)17-15(10-11)16(7-8-20-17)21-14-5-3-13(4-6-14)18(19)22/h3-10H,1-2H3,(H2,19,22)(H,20,21). The lowest BCUT2D eigenvalue weighted by molar-refractivity contribution is 0.100. The van der Waals surface area contributed by atoms with Crippen molar-refractivity contribution >= 4 is 28.2 Å². The molecular formula is C18H17N3O. The molecule has 22 heavy (non-hydrogen) atoms. The van der Waals surface area contributed by atoms with Crippen molar-refractivity contribution in [1.82, 2.24) is 4.98 Å². The number of aromatic nitrogens is 1. The Bertz CT molecular complexity index is 854. The topological polar surface area (TPSA) is 68.0 Å². The van der Waals surface area contributed by atoms with Gasteiger partial charge in [0.15, 0.2) is 0 Å². The molecule has 0 bridgehead atoms. The van der Waals surface area contributed by atoms with E-state index in [2.05, 4.69) is 36.3 Å². The number of benzene rings is 2. The summed E-state index contributed by atoms with van der Waals surface area (Å²) in [6, 6.07) is 13.3. The van der Waals surface area contributed by atoms with Crippen molar-refractivity contribution in [3.63, 3.8) is 0 Å². The van der Waals surface area contributed by atoms with Gasteiger partial charge in [0.1, 0.15) is 0 Å². The highest BCUT2D eigenvalue weighted by Crippen LogP contribution is 2.28. The predicted octanol–water partition coefficient (Wildman–Crippen LogP) is 3.69. The molecule has 0 aliphatic rings. The maximum absolute atomic E-state index is 11.1. The molecule has 0 radical (unpaired) electrons. The lowest BCUT2D eigenvalue weighted by Crippen LogP contribution is -2.10. The largest absolute Gasteiger partial charge is 0.366 e. The number of aryl methyl sites for hydroxylation is 2. The molecule has 1 heterocycles. The van der Waals surface area contributed by atoms with Gasteiger partial charge >= 0.3 is 0 Å². The van der Waals surface area contributed by atoms with Crippen LogP contribution in [0.15, 0.2) is 48.7 Å². The number of primary amides is 1. The molecule has 0 atom stereocenters. The normalized spacial score (nSPS) is 10.6. The fourth-order valence-corrected chi connectivity index (χ4v) is 2.60. The quantitative estimate of drug-likeness (QED) is 0.773. The second kappa shape index (κ2) is 5.48. The number of nitrogens with two attached hydrogens (primary N) is 1. The van der Waals surface area contributed by atoms with Crippen LogP contribution in [-0.4, -0.2) is 10.9 Å². The minimum Gasteiger partial charge on any atom is -0.366 e. The first kappa shape index (κ1) is 14.1. The van der Waals surface area contributed by atoms with E-state index in [1.54, 1.807) is 18.3 Å². The number of hydrogen-bond acceptors (Lipinski definition) is 3. The molecule has 110 valence electrons. The molecular weight excluding hydrogens is 274 g/mol. The summed E-state index contributed by atoms with van der Waals surface area (Å²) in [5.74, 6) is -0.424. The summed E-state index contributed by atoms with van der Waals surface area (Å²) in [4.78, 5) is 15.6. The van der Waals surface area contributed by atoms with Crippen LogP contribution in [0.3, 0.4) is 0 Å². The van der Waals surface area contributed by atoms with Crippen molar-refractivity contribution in [2.75, 3.05) is 5.32 Å². The van der Waals surface area contributed by atoms with Gasteiger partial charge in [0, 0.05) is 28.5 Å². The van der Waals surface area contributed by atoms with E-state index in [1.165, 1.54) is 5.56 Å². The Morgan fingerprint density at radius 2 is 1.82 bits per heavy atom. The lowest BCUT2D eigenvalue weighted by atomic mass is 10.1. The number of pyridine rings is 1. The average Bonchev–Trinajstić information content (AvgIpc) is 2.48. The van der Waals surface area contributed by atoms with Gasteiger partial charge in [0.05, 0.1) is 5.52 Å². The van der Waals surface area contributed by atoms with E-state index in [0.29, 0.717) is 5.56 Å². The van der Waals surface area contributed by atoms with Crippen molar-refractivity contribution in [2.45, 2.75) is 13.8 Å². The molecule has 0 unspecified atom stereocenters. The van der Waals surface area contributed by atoms with Gasteiger partial charge in [-0.3, -0.25) is 9.78 Å². The summed E-state index contributed by atoms with van der Waals surface area (Å²) < 4.78 is 0. The van der Waals surface area contributed by atoms with E-state index in [4.69, 9.17) is 5.73 Å². The van der Waals surface area contributed by atoms with Crippen LogP contribution in [0.5, 0.6) is 0 Å². The van der Waals surface area contributed by atoms with Gasteiger partial charge in [0.25, 0.3) is 0 Å². The summed E-state index contributed by atoms with van der Waals surface area (Å²) in [6.45, 7) is 4.14. The molecule has 3 rings (SSSR count). The van der Waals surface area contributed by atoms with Gasteiger partial charge in [0.2, 0.25) is 5.91 Å². The highest BCUT2D eigenvalue weighted by molar-refractivity contribution is 5.96. The molecule has 4 nitrogen and oxygen atoms in total. The fourth-order valence-electron chi connectivity index (χ4n) is 2.60. The number of anilines is 2. The van der Waals surface area contributed by atoms with Crippen molar-refractivity contribution < 1.29 is 4.79 Å². The smallest absolute Gasteiger partial charge is 0.248 e. The second-order valence-electron chi connectivity index (χ2n) is 5.40. The summed E-state index contributed by atoms with van der Waals surface area (Å²) in [6.07, 6.45) is 1.80. The fraction of sp³-hybridized carbons (Fsp3) is 0.111. The molecule has 4 heteroatoms. The zero-order valence-electron chi connectivity index (χ0n) is 12.6. The Morgan fingerprint density at radius 3 is 2.50 bits per heavy atom. The Labute approximate surface area is 129 Å². The molecule has 0 aliphatic carbocycles. The first-order valence-electron chi connectivity index (χ1n) is 7.07. The van der Waals surface area contributed by atoms with Gasteiger partial charge < -0.3 is 11.1 Å². The highest BCUT2D eigenvalue weighted by atomic mass is 16.1. The number of nitrogens with one attached hydrogen (secondary N) is 1. The summed E-state index contributed by atoms with van der Waals surface area (Å²) in [7, 11) is 0. The predicted molar refractivity (Wildman–Crippen MR) is 89.5 cm³/mol. The monoisotopic (exact) mass is 291 g/mol.